The number of hydrogen-bond donors (Lipinski definition) is 1. The van der Waals surface area contributed by atoms with Crippen LogP contribution < -0.4 is 0 Å². The van der Waals surface area contributed by atoms with Crippen molar-refractivity contribution in [2.75, 3.05) is 0 Å². The molecule has 0 bridgehead atoms. The van der Waals surface area contributed by atoms with Crippen LogP contribution in [0.5, 0.6) is 0 Å². The van der Waals surface area contributed by atoms with Crippen LogP contribution in [0.15, 0.2) is 16.6 Å². The monoisotopic (exact) mass is 138 g/mol. The molecule has 1 unspecified atom stereocenters. The predicted molar refractivity (Wildman–Crippen MR) is 39.5 cm³/mol. The highest BCUT2D eigenvalue weighted by Crippen LogP contribution is 1.88. The van der Waals surface area contributed by atoms with E-state index in [2.05, 4.69) is 4.99 Å². The molecule has 1 N–H and O–H groups in total. The maximum Gasteiger partial charge on any atom is 0.142 e. The molecule has 0 aromatic carbocycles. The third-order valence-corrected chi connectivity index (χ3v) is 0.869. The lowest BCUT2D eigenvalue weighted by molar-refractivity contribution is 0.206. The van der Waals surface area contributed by atoms with Crippen molar-refractivity contribution < 1.29 is 5.11 Å². The first kappa shape index (κ1) is 8.86. The standard InChI is InChI=1S/C7H10N2O/c1-3-7(4-8)5-9-6(2)10/h3,5-6,10H,1-2H3/b7-3-,9-5?. The van der Waals surface area contributed by atoms with Crippen molar-refractivity contribution in [1.29, 1.82) is 5.26 Å². The van der Waals surface area contributed by atoms with Crippen LogP contribution in [-0.4, -0.2) is 17.5 Å². The summed E-state index contributed by atoms with van der Waals surface area (Å²) in [5, 5.41) is 17.0. The first-order valence-electron chi connectivity index (χ1n) is 2.98. The topological polar surface area (TPSA) is 56.4 Å². The molecule has 0 heterocycles. The van der Waals surface area contributed by atoms with E-state index in [1.807, 2.05) is 6.07 Å². The summed E-state index contributed by atoms with van der Waals surface area (Å²) >= 11 is 0. The van der Waals surface area contributed by atoms with Crippen molar-refractivity contribution in [2.24, 2.45) is 4.99 Å². The molecule has 0 aromatic rings. The zero-order valence-corrected chi connectivity index (χ0v) is 6.07. The Labute approximate surface area is 60.3 Å². The zero-order chi connectivity index (χ0) is 7.98. The average Bonchev–Trinajstić information content (AvgIpc) is 1.90. The van der Waals surface area contributed by atoms with E-state index in [4.69, 9.17) is 10.4 Å². The normalized spacial score (nSPS) is 15.2. The Morgan fingerprint density at radius 3 is 2.70 bits per heavy atom. The van der Waals surface area contributed by atoms with Crippen molar-refractivity contribution >= 4 is 6.21 Å². The fourth-order valence-corrected chi connectivity index (χ4v) is 0.356. The summed E-state index contributed by atoms with van der Waals surface area (Å²) in [7, 11) is 0. The molecule has 0 aliphatic carbocycles. The van der Waals surface area contributed by atoms with E-state index in [0.717, 1.165) is 0 Å². The number of aliphatic hydroxyl groups excluding tert-OH is 1. The maximum absolute atomic E-state index is 8.66. The first-order valence-corrected chi connectivity index (χ1v) is 2.98. The fourth-order valence-electron chi connectivity index (χ4n) is 0.356. The molecule has 0 amide bonds. The molecule has 10 heavy (non-hydrogen) atoms. The van der Waals surface area contributed by atoms with Gasteiger partial charge in [0.1, 0.15) is 12.3 Å². The minimum Gasteiger partial charge on any atom is -0.372 e. The first-order chi connectivity index (χ1) is 4.70. The Bertz CT molecular complexity index is 186. The third kappa shape index (κ3) is 3.81. The summed E-state index contributed by atoms with van der Waals surface area (Å²) < 4.78 is 0. The summed E-state index contributed by atoms with van der Waals surface area (Å²) in [5.41, 5.74) is 0.459. The molecule has 0 saturated heterocycles. The van der Waals surface area contributed by atoms with Gasteiger partial charge < -0.3 is 5.11 Å². The number of hydrogen-bond acceptors (Lipinski definition) is 3. The maximum atomic E-state index is 8.66. The van der Waals surface area contributed by atoms with E-state index < -0.39 is 6.23 Å². The Hall–Kier alpha value is -1.14. The SMILES string of the molecule is C/C=C(/C#N)C=NC(C)O. The van der Waals surface area contributed by atoms with Crippen LogP contribution in [0.2, 0.25) is 0 Å². The van der Waals surface area contributed by atoms with Crippen LogP contribution in [-0.2, 0) is 0 Å². The van der Waals surface area contributed by atoms with E-state index in [9.17, 15) is 0 Å². The minimum absolute atomic E-state index is 0.459. The highest BCUT2D eigenvalue weighted by Gasteiger charge is 1.88. The molecular weight excluding hydrogens is 128 g/mol. The highest BCUT2D eigenvalue weighted by molar-refractivity contribution is 5.83. The third-order valence-electron chi connectivity index (χ3n) is 0.869. The molecule has 0 aliphatic rings. The summed E-state index contributed by atoms with van der Waals surface area (Å²) in [6.07, 6.45) is 2.25. The number of aliphatic hydroxyl groups is 1. The number of rotatable bonds is 2. The quantitative estimate of drug-likeness (QED) is 0.454. The molecule has 0 saturated carbocycles. The van der Waals surface area contributed by atoms with E-state index in [-0.39, 0.29) is 0 Å². The summed E-state index contributed by atoms with van der Waals surface area (Å²) in [5.74, 6) is 0. The molecular formula is C7H10N2O. The van der Waals surface area contributed by atoms with E-state index in [1.54, 1.807) is 13.0 Å². The van der Waals surface area contributed by atoms with Gasteiger partial charge in [-0.1, -0.05) is 6.08 Å². The molecule has 0 aliphatic heterocycles. The molecule has 0 aromatic heterocycles. The van der Waals surface area contributed by atoms with Gasteiger partial charge in [0.15, 0.2) is 0 Å². The van der Waals surface area contributed by atoms with Gasteiger partial charge in [-0.2, -0.15) is 5.26 Å². The average molecular weight is 138 g/mol. The van der Waals surface area contributed by atoms with Crippen molar-refractivity contribution in [1.82, 2.24) is 0 Å². The number of aliphatic imine (C=N–C) groups is 1. The second kappa shape index (κ2) is 4.71. The van der Waals surface area contributed by atoms with Crippen molar-refractivity contribution in [3.8, 4) is 6.07 Å². The minimum atomic E-state index is -0.733. The molecule has 0 radical (unpaired) electrons. The van der Waals surface area contributed by atoms with Crippen molar-refractivity contribution in [3.05, 3.63) is 11.6 Å². The molecule has 0 fully saturated rings. The molecule has 54 valence electrons. The molecule has 3 nitrogen and oxygen atoms in total. The van der Waals surface area contributed by atoms with Crippen LogP contribution in [0.3, 0.4) is 0 Å². The van der Waals surface area contributed by atoms with Gasteiger partial charge in [-0.25, -0.2) is 0 Å². The number of nitrogens with zero attached hydrogens (tertiary/aromatic N) is 2. The van der Waals surface area contributed by atoms with Gasteiger partial charge in [-0.05, 0) is 13.8 Å². The van der Waals surface area contributed by atoms with E-state index in [1.165, 1.54) is 13.1 Å². The van der Waals surface area contributed by atoms with Crippen molar-refractivity contribution in [3.63, 3.8) is 0 Å². The second-order valence-electron chi connectivity index (χ2n) is 1.77. The highest BCUT2D eigenvalue weighted by atomic mass is 16.3. The molecule has 0 spiro atoms. The van der Waals surface area contributed by atoms with Gasteiger partial charge >= 0.3 is 0 Å². The largest absolute Gasteiger partial charge is 0.372 e. The summed E-state index contributed by atoms with van der Waals surface area (Å²) in [6, 6.07) is 1.91. The van der Waals surface area contributed by atoms with Gasteiger partial charge in [0.2, 0.25) is 0 Å². The van der Waals surface area contributed by atoms with Gasteiger partial charge in [-0.15, -0.1) is 0 Å². The molecule has 0 rings (SSSR count). The van der Waals surface area contributed by atoms with Crippen LogP contribution in [0, 0.1) is 11.3 Å². The number of allylic oxidation sites excluding steroid dienone is 2. The lowest BCUT2D eigenvalue weighted by atomic mass is 10.3. The van der Waals surface area contributed by atoms with Gasteiger partial charge in [0.05, 0.1) is 5.57 Å². The van der Waals surface area contributed by atoms with Crippen LogP contribution >= 0.6 is 0 Å². The Morgan fingerprint density at radius 2 is 2.40 bits per heavy atom. The van der Waals surface area contributed by atoms with Gasteiger partial charge in [0.25, 0.3) is 0 Å². The fraction of sp³-hybridized carbons (Fsp3) is 0.429. The van der Waals surface area contributed by atoms with Crippen LogP contribution in [0.25, 0.3) is 0 Å². The summed E-state index contributed by atoms with van der Waals surface area (Å²) in [6.45, 7) is 3.27. The second-order valence-corrected chi connectivity index (χ2v) is 1.77. The summed E-state index contributed by atoms with van der Waals surface area (Å²) in [4.78, 5) is 3.61. The van der Waals surface area contributed by atoms with E-state index >= 15 is 0 Å². The van der Waals surface area contributed by atoms with Gasteiger partial charge in [0, 0.05) is 6.21 Å². The van der Waals surface area contributed by atoms with Crippen molar-refractivity contribution in [2.45, 2.75) is 20.1 Å². The number of nitriles is 1. The Balaban J connectivity index is 4.02. The Kier molecular flexibility index (Phi) is 4.17. The zero-order valence-electron chi connectivity index (χ0n) is 6.07. The Morgan fingerprint density at radius 1 is 1.80 bits per heavy atom. The smallest absolute Gasteiger partial charge is 0.142 e. The van der Waals surface area contributed by atoms with E-state index in [0.29, 0.717) is 5.57 Å². The molecule has 3 heteroatoms. The van der Waals surface area contributed by atoms with Gasteiger partial charge in [-0.3, -0.25) is 4.99 Å². The lowest BCUT2D eigenvalue weighted by Gasteiger charge is -1.91. The van der Waals surface area contributed by atoms with Crippen LogP contribution in [0.1, 0.15) is 13.8 Å². The lowest BCUT2D eigenvalue weighted by Crippen LogP contribution is -1.94. The predicted octanol–water partition coefficient (Wildman–Crippen LogP) is 0.865. The van der Waals surface area contributed by atoms with Crippen LogP contribution in [0.4, 0.5) is 0 Å². The molecule has 1 atom stereocenters.